The maximum absolute atomic E-state index is 13.6. The minimum atomic E-state index is -4.94. The van der Waals surface area contributed by atoms with E-state index in [0.717, 1.165) is 61.4 Å². The lowest BCUT2D eigenvalue weighted by Crippen LogP contribution is -2.33. The van der Waals surface area contributed by atoms with Gasteiger partial charge in [-0.15, -0.1) is 0 Å². The zero-order chi connectivity index (χ0) is 29.9. The molecule has 4 rings (SSSR count). The first-order valence-electron chi connectivity index (χ1n) is 12.0. The number of carbonyl (C=O) groups is 1. The fourth-order valence-electron chi connectivity index (χ4n) is 3.73. The lowest BCUT2D eigenvalue weighted by molar-refractivity contribution is -0.138. The van der Waals surface area contributed by atoms with Crippen LogP contribution in [0.15, 0.2) is 58.4 Å². The first-order chi connectivity index (χ1) is 19.4. The molecule has 2 aromatic heterocycles. The number of ether oxygens (including phenoxy) is 1. The van der Waals surface area contributed by atoms with Crippen LogP contribution in [-0.2, 0) is 10.9 Å². The molecule has 0 saturated heterocycles. The fourth-order valence-corrected chi connectivity index (χ4v) is 4.25. The number of halogens is 5. The number of amidine groups is 1. The van der Waals surface area contributed by atoms with E-state index in [2.05, 4.69) is 27.1 Å². The van der Waals surface area contributed by atoms with E-state index in [0.29, 0.717) is 10.6 Å². The minimum absolute atomic E-state index is 0.0167. The number of nitrogens with one attached hydrogen (secondary N) is 1. The first-order valence-corrected chi connectivity index (χ1v) is 12.9. The standard InChI is InChI=1S/C26H23F5N6O3S/c1-40-19-12-34-18(22(27)28)9-15(19)14-10-21(37-8-2-3-17(24(37)39)26(29,30)31)35-11-16(14)23(38)36-25(33)41-20(32)7-6-13-4-5-13/h2-3,8-13,18,20,22,34H,4-5,32H2,1H3,(H2,33,36,38). The third-order valence-electron chi connectivity index (χ3n) is 5.89. The number of rotatable bonds is 6. The van der Waals surface area contributed by atoms with Crippen molar-refractivity contribution in [2.45, 2.75) is 36.9 Å². The molecule has 0 bridgehead atoms. The second-order valence-electron chi connectivity index (χ2n) is 8.86. The number of nitrogens with two attached hydrogens (primary N) is 2. The summed E-state index contributed by atoms with van der Waals surface area (Å²) >= 11 is 0.828. The summed E-state index contributed by atoms with van der Waals surface area (Å²) in [5, 5.41) is 1.46. The molecule has 2 aliphatic rings. The number of aromatic nitrogens is 2. The summed E-state index contributed by atoms with van der Waals surface area (Å²) in [5.74, 6) is 4.82. The summed E-state index contributed by atoms with van der Waals surface area (Å²) < 4.78 is 73.2. The van der Waals surface area contributed by atoms with E-state index in [1.54, 1.807) is 0 Å². The average molecular weight is 595 g/mol. The minimum Gasteiger partial charge on any atom is -0.495 e. The van der Waals surface area contributed by atoms with E-state index in [4.69, 9.17) is 16.2 Å². The molecule has 2 atom stereocenters. The molecule has 9 nitrogen and oxygen atoms in total. The van der Waals surface area contributed by atoms with Crippen molar-refractivity contribution < 1.29 is 31.5 Å². The van der Waals surface area contributed by atoms with Crippen LogP contribution < -0.4 is 22.3 Å². The maximum atomic E-state index is 13.6. The number of dihydropyridines is 1. The van der Waals surface area contributed by atoms with Crippen LogP contribution in [-0.4, -0.2) is 45.6 Å². The van der Waals surface area contributed by atoms with Crippen LogP contribution in [0.5, 0.6) is 0 Å². The van der Waals surface area contributed by atoms with Crippen molar-refractivity contribution in [3.8, 4) is 17.7 Å². The Morgan fingerprint density at radius 3 is 2.71 bits per heavy atom. The molecule has 0 aromatic carbocycles. The molecule has 15 heteroatoms. The van der Waals surface area contributed by atoms with Crippen LogP contribution in [0.3, 0.4) is 0 Å². The number of allylic oxidation sites excluding steroid dienone is 1. The van der Waals surface area contributed by atoms with Gasteiger partial charge in [0.1, 0.15) is 28.6 Å². The number of carbonyl (C=O) groups excluding carboxylic acids is 1. The SMILES string of the molecule is COC1=CNC(C(F)F)C=C1c1cc(-n2cccc(C(F)(F)F)c2=O)ncc1C(=O)N=C(N)SC(N)C#CC1CC1. The number of methoxy groups -OCH3 is 1. The summed E-state index contributed by atoms with van der Waals surface area (Å²) in [5.41, 5.74) is 8.57. The molecule has 1 saturated carbocycles. The number of thioether (sulfide) groups is 1. The Kier molecular flexibility index (Phi) is 8.83. The Balaban J connectivity index is 1.81. The zero-order valence-electron chi connectivity index (χ0n) is 21.3. The molecule has 216 valence electrons. The van der Waals surface area contributed by atoms with Crippen LogP contribution >= 0.6 is 11.8 Å². The number of pyridine rings is 2. The average Bonchev–Trinajstić information content (AvgIpc) is 3.75. The van der Waals surface area contributed by atoms with Crippen LogP contribution in [0.2, 0.25) is 0 Å². The maximum Gasteiger partial charge on any atom is 0.421 e. The molecule has 3 heterocycles. The molecule has 2 aromatic rings. The van der Waals surface area contributed by atoms with Gasteiger partial charge in [-0.1, -0.05) is 23.6 Å². The largest absolute Gasteiger partial charge is 0.495 e. The molecule has 0 radical (unpaired) electrons. The number of nitrogens with zero attached hydrogens (tertiary/aromatic N) is 3. The Morgan fingerprint density at radius 1 is 1.34 bits per heavy atom. The summed E-state index contributed by atoms with van der Waals surface area (Å²) in [4.78, 5) is 33.7. The van der Waals surface area contributed by atoms with Crippen molar-refractivity contribution in [3.05, 3.63) is 75.7 Å². The van der Waals surface area contributed by atoms with Crippen molar-refractivity contribution in [1.29, 1.82) is 0 Å². The highest BCUT2D eigenvalue weighted by atomic mass is 32.2. The second kappa shape index (κ2) is 12.1. The number of aliphatic imine (C=N–C) groups is 1. The van der Waals surface area contributed by atoms with Crippen molar-refractivity contribution >= 4 is 28.4 Å². The lowest BCUT2D eigenvalue weighted by atomic mass is 9.95. The van der Waals surface area contributed by atoms with Crippen molar-refractivity contribution in [2.24, 2.45) is 22.4 Å². The van der Waals surface area contributed by atoms with E-state index < -0.39 is 41.0 Å². The molecule has 5 N–H and O–H groups in total. The van der Waals surface area contributed by atoms with Crippen molar-refractivity contribution in [2.75, 3.05) is 7.11 Å². The number of amides is 1. The van der Waals surface area contributed by atoms with Gasteiger partial charge in [0.05, 0.1) is 12.7 Å². The third kappa shape index (κ3) is 7.14. The van der Waals surface area contributed by atoms with Gasteiger partial charge < -0.3 is 21.5 Å². The highest BCUT2D eigenvalue weighted by Gasteiger charge is 2.35. The summed E-state index contributed by atoms with van der Waals surface area (Å²) in [6.45, 7) is 0. The predicted molar refractivity (Wildman–Crippen MR) is 143 cm³/mol. The Bertz CT molecular complexity index is 1550. The molecule has 2 unspecified atom stereocenters. The molecule has 41 heavy (non-hydrogen) atoms. The molecule has 0 spiro atoms. The molecule has 1 amide bonds. The first kappa shape index (κ1) is 29.8. The smallest absolute Gasteiger partial charge is 0.421 e. The number of alkyl halides is 5. The zero-order valence-corrected chi connectivity index (χ0v) is 22.1. The summed E-state index contributed by atoms with van der Waals surface area (Å²) in [6.07, 6.45) is -1.59. The van der Waals surface area contributed by atoms with E-state index in [-0.39, 0.29) is 39.4 Å². The highest BCUT2D eigenvalue weighted by molar-refractivity contribution is 8.14. The van der Waals surface area contributed by atoms with E-state index >= 15 is 0 Å². The van der Waals surface area contributed by atoms with Gasteiger partial charge in [0, 0.05) is 35.6 Å². The monoisotopic (exact) mass is 594 g/mol. The number of hydrogen-bond acceptors (Lipinski definition) is 7. The van der Waals surface area contributed by atoms with Gasteiger partial charge in [-0.2, -0.15) is 18.2 Å². The highest BCUT2D eigenvalue weighted by Crippen LogP contribution is 2.32. The molecular formula is C26H23F5N6O3S. The van der Waals surface area contributed by atoms with Crippen LogP contribution in [0, 0.1) is 17.8 Å². The third-order valence-corrected chi connectivity index (χ3v) is 6.59. The van der Waals surface area contributed by atoms with Crippen LogP contribution in [0.25, 0.3) is 11.4 Å². The Labute approximate surface area is 234 Å². The lowest BCUT2D eigenvalue weighted by Gasteiger charge is -2.23. The van der Waals surface area contributed by atoms with Gasteiger partial charge in [0.25, 0.3) is 17.9 Å². The van der Waals surface area contributed by atoms with Gasteiger partial charge in [0.15, 0.2) is 5.17 Å². The van der Waals surface area contributed by atoms with Gasteiger partial charge >= 0.3 is 6.18 Å². The van der Waals surface area contributed by atoms with E-state index in [1.807, 2.05) is 0 Å². The van der Waals surface area contributed by atoms with E-state index in [9.17, 15) is 31.5 Å². The van der Waals surface area contributed by atoms with Gasteiger partial charge in [0.2, 0.25) is 0 Å². The molecule has 1 aliphatic heterocycles. The normalized spacial score (nSPS) is 18.0. The van der Waals surface area contributed by atoms with Gasteiger partial charge in [-0.3, -0.25) is 14.2 Å². The topological polar surface area (TPSA) is 138 Å². The van der Waals surface area contributed by atoms with Crippen molar-refractivity contribution in [1.82, 2.24) is 14.9 Å². The molecule has 1 aliphatic carbocycles. The molecule has 1 fully saturated rings. The van der Waals surface area contributed by atoms with Gasteiger partial charge in [-0.25, -0.2) is 13.8 Å². The Morgan fingerprint density at radius 2 is 2.07 bits per heavy atom. The summed E-state index contributed by atoms with van der Waals surface area (Å²) in [6, 6.07) is 1.22. The predicted octanol–water partition coefficient (Wildman–Crippen LogP) is 3.25. The molecular weight excluding hydrogens is 571 g/mol. The quantitative estimate of drug-likeness (QED) is 0.152. The van der Waals surface area contributed by atoms with Crippen molar-refractivity contribution in [3.63, 3.8) is 0 Å². The van der Waals surface area contributed by atoms with Gasteiger partial charge in [-0.05, 0) is 37.1 Å². The Hall–Kier alpha value is -4.16. The number of hydrogen-bond donors (Lipinski definition) is 3. The second-order valence-corrected chi connectivity index (χ2v) is 10.0. The van der Waals surface area contributed by atoms with Crippen LogP contribution in [0.4, 0.5) is 22.0 Å². The fraction of sp³-hybridized carbons (Fsp3) is 0.308. The van der Waals surface area contributed by atoms with E-state index in [1.165, 1.54) is 7.11 Å². The summed E-state index contributed by atoms with van der Waals surface area (Å²) in [7, 11) is 1.25. The van der Waals surface area contributed by atoms with Crippen LogP contribution in [0.1, 0.15) is 34.3 Å².